The highest BCUT2D eigenvalue weighted by Crippen LogP contribution is 2.32. The van der Waals surface area contributed by atoms with Crippen molar-refractivity contribution in [2.24, 2.45) is 5.92 Å². The zero-order chi connectivity index (χ0) is 19.2. The molecule has 27 heavy (non-hydrogen) atoms. The first kappa shape index (κ1) is 18.6. The largest absolute Gasteiger partial charge is 0.494 e. The van der Waals surface area contributed by atoms with E-state index in [1.165, 1.54) is 0 Å². The predicted octanol–water partition coefficient (Wildman–Crippen LogP) is 2.49. The molecule has 1 unspecified atom stereocenters. The number of nitrogens with one attached hydrogen (secondary N) is 1. The molecule has 1 aliphatic heterocycles. The molecule has 1 heterocycles. The molecule has 0 aliphatic carbocycles. The lowest BCUT2D eigenvalue weighted by Gasteiger charge is -2.14. The predicted molar refractivity (Wildman–Crippen MR) is 97.3 cm³/mol. The van der Waals surface area contributed by atoms with Crippen LogP contribution in [0.15, 0.2) is 42.5 Å². The van der Waals surface area contributed by atoms with Crippen molar-refractivity contribution in [2.45, 2.75) is 13.3 Å². The van der Waals surface area contributed by atoms with Crippen LogP contribution in [0.5, 0.6) is 17.2 Å². The summed E-state index contributed by atoms with van der Waals surface area (Å²) in [7, 11) is 0. The lowest BCUT2D eigenvalue weighted by Crippen LogP contribution is -2.34. The van der Waals surface area contributed by atoms with E-state index in [0.717, 1.165) is 11.3 Å². The molecule has 1 amide bonds. The summed E-state index contributed by atoms with van der Waals surface area (Å²) in [6.07, 6.45) is 0.309. The Balaban J connectivity index is 1.59. The van der Waals surface area contributed by atoms with Gasteiger partial charge in [-0.2, -0.15) is 0 Å². The Labute approximate surface area is 156 Å². The molecule has 7 heteroatoms. The quantitative estimate of drug-likeness (QED) is 0.740. The second-order valence-electron chi connectivity index (χ2n) is 6.09. The average molecular weight is 371 g/mol. The molecule has 7 nitrogen and oxygen atoms in total. The number of carboxylic acids is 1. The molecule has 2 aromatic rings. The molecular formula is C20H21NO6. The van der Waals surface area contributed by atoms with Crippen LogP contribution in [0.2, 0.25) is 0 Å². The molecule has 2 N–H and O–H groups in total. The molecular weight excluding hydrogens is 350 g/mol. The van der Waals surface area contributed by atoms with Crippen LogP contribution in [-0.2, 0) is 11.2 Å². The third-order valence-corrected chi connectivity index (χ3v) is 4.21. The van der Waals surface area contributed by atoms with E-state index in [9.17, 15) is 14.7 Å². The zero-order valence-electron chi connectivity index (χ0n) is 14.9. The number of hydrogen-bond donors (Lipinski definition) is 2. The van der Waals surface area contributed by atoms with E-state index in [1.54, 1.807) is 18.2 Å². The van der Waals surface area contributed by atoms with Gasteiger partial charge in [0.25, 0.3) is 5.91 Å². The Hall–Kier alpha value is -3.22. The highest BCUT2D eigenvalue weighted by atomic mass is 16.7. The van der Waals surface area contributed by atoms with Gasteiger partial charge < -0.3 is 24.6 Å². The molecule has 1 aliphatic rings. The van der Waals surface area contributed by atoms with Crippen molar-refractivity contribution in [2.75, 3.05) is 19.9 Å². The van der Waals surface area contributed by atoms with Crippen LogP contribution in [0, 0.1) is 5.92 Å². The number of ether oxygens (including phenoxy) is 3. The molecule has 142 valence electrons. The fourth-order valence-corrected chi connectivity index (χ4v) is 2.78. The highest BCUT2D eigenvalue weighted by Gasteiger charge is 2.21. The van der Waals surface area contributed by atoms with Crippen molar-refractivity contribution in [3.05, 3.63) is 53.6 Å². The van der Waals surface area contributed by atoms with Crippen molar-refractivity contribution in [3.8, 4) is 17.2 Å². The summed E-state index contributed by atoms with van der Waals surface area (Å²) in [5.41, 5.74) is 1.26. The van der Waals surface area contributed by atoms with Crippen LogP contribution in [0.4, 0.5) is 0 Å². The first-order valence-electron chi connectivity index (χ1n) is 8.69. The zero-order valence-corrected chi connectivity index (χ0v) is 14.9. The van der Waals surface area contributed by atoms with E-state index >= 15 is 0 Å². The van der Waals surface area contributed by atoms with Gasteiger partial charge in [0.2, 0.25) is 6.79 Å². The average Bonchev–Trinajstić information content (AvgIpc) is 3.14. The summed E-state index contributed by atoms with van der Waals surface area (Å²) >= 11 is 0. The fraction of sp³-hybridized carbons (Fsp3) is 0.300. The summed E-state index contributed by atoms with van der Waals surface area (Å²) in [6, 6.07) is 12.1. The molecule has 3 rings (SSSR count). The standard InChI is InChI=1S/C20H21NO6/c1-2-25-16-6-3-13(4-7-16)9-15(20(23)24)11-21-19(22)14-5-8-17-18(10-14)27-12-26-17/h3-8,10,15H,2,9,11-12H2,1H3,(H,21,22)(H,23,24). The van der Waals surface area contributed by atoms with E-state index in [-0.39, 0.29) is 19.2 Å². The number of carbonyl (C=O) groups excluding carboxylic acids is 1. The molecule has 0 saturated carbocycles. The third kappa shape index (κ3) is 4.69. The maximum Gasteiger partial charge on any atom is 0.308 e. The minimum absolute atomic E-state index is 0.0236. The molecule has 1 atom stereocenters. The topological polar surface area (TPSA) is 94.1 Å². The first-order chi connectivity index (χ1) is 13.1. The van der Waals surface area contributed by atoms with Gasteiger partial charge >= 0.3 is 5.97 Å². The minimum atomic E-state index is -0.963. The Kier molecular flexibility index (Phi) is 5.80. The Morgan fingerprint density at radius 1 is 1.15 bits per heavy atom. The van der Waals surface area contributed by atoms with Gasteiger partial charge in [-0.1, -0.05) is 12.1 Å². The van der Waals surface area contributed by atoms with Gasteiger partial charge in [0.15, 0.2) is 11.5 Å². The van der Waals surface area contributed by atoms with E-state index < -0.39 is 11.9 Å². The Morgan fingerprint density at radius 2 is 1.89 bits per heavy atom. The van der Waals surface area contributed by atoms with Crippen molar-refractivity contribution in [1.29, 1.82) is 0 Å². The molecule has 0 bridgehead atoms. The van der Waals surface area contributed by atoms with Gasteiger partial charge in [0.05, 0.1) is 12.5 Å². The Morgan fingerprint density at radius 3 is 2.59 bits per heavy atom. The second-order valence-corrected chi connectivity index (χ2v) is 6.09. The van der Waals surface area contributed by atoms with Crippen LogP contribution in [0.25, 0.3) is 0 Å². The lowest BCUT2D eigenvalue weighted by atomic mass is 9.99. The number of carboxylic acid groups (broad SMARTS) is 1. The maximum absolute atomic E-state index is 12.3. The van der Waals surface area contributed by atoms with Crippen molar-refractivity contribution in [3.63, 3.8) is 0 Å². The molecule has 0 aromatic heterocycles. The van der Waals surface area contributed by atoms with Gasteiger partial charge in [0.1, 0.15) is 5.75 Å². The van der Waals surface area contributed by atoms with Crippen LogP contribution >= 0.6 is 0 Å². The number of aliphatic carboxylic acids is 1. The van der Waals surface area contributed by atoms with E-state index in [1.807, 2.05) is 31.2 Å². The monoisotopic (exact) mass is 371 g/mol. The lowest BCUT2D eigenvalue weighted by molar-refractivity contribution is -0.141. The maximum atomic E-state index is 12.3. The molecule has 2 aromatic carbocycles. The van der Waals surface area contributed by atoms with Gasteiger partial charge in [-0.25, -0.2) is 0 Å². The number of benzene rings is 2. The molecule has 0 radical (unpaired) electrons. The number of amides is 1. The van der Waals surface area contributed by atoms with Crippen molar-refractivity contribution < 1.29 is 28.9 Å². The van der Waals surface area contributed by atoms with Crippen molar-refractivity contribution in [1.82, 2.24) is 5.32 Å². The molecule has 0 spiro atoms. The summed E-state index contributed by atoms with van der Waals surface area (Å²) in [6.45, 7) is 2.62. The van der Waals surface area contributed by atoms with Gasteiger partial charge in [-0.05, 0) is 49.2 Å². The molecule has 0 fully saturated rings. The van der Waals surface area contributed by atoms with Gasteiger partial charge in [-0.15, -0.1) is 0 Å². The third-order valence-electron chi connectivity index (χ3n) is 4.21. The van der Waals surface area contributed by atoms with Crippen LogP contribution < -0.4 is 19.5 Å². The Bertz CT molecular complexity index is 818. The normalized spacial score (nSPS) is 13.1. The highest BCUT2D eigenvalue weighted by molar-refractivity contribution is 5.95. The summed E-state index contributed by atoms with van der Waals surface area (Å²) in [5, 5.41) is 12.2. The number of fused-ring (bicyclic) bond motifs is 1. The fourth-order valence-electron chi connectivity index (χ4n) is 2.78. The van der Waals surface area contributed by atoms with Gasteiger partial charge in [0, 0.05) is 12.1 Å². The smallest absolute Gasteiger partial charge is 0.308 e. The van der Waals surface area contributed by atoms with E-state index in [2.05, 4.69) is 5.32 Å². The second kappa shape index (κ2) is 8.44. The van der Waals surface area contributed by atoms with E-state index in [4.69, 9.17) is 14.2 Å². The van der Waals surface area contributed by atoms with Crippen LogP contribution in [0.1, 0.15) is 22.8 Å². The summed E-state index contributed by atoms with van der Waals surface area (Å²) in [4.78, 5) is 23.9. The summed E-state index contributed by atoms with van der Waals surface area (Å²) in [5.74, 6) is -0.219. The van der Waals surface area contributed by atoms with Crippen LogP contribution in [0.3, 0.4) is 0 Å². The number of rotatable bonds is 8. The SMILES string of the molecule is CCOc1ccc(CC(CNC(=O)c2ccc3c(c2)OCO3)C(=O)O)cc1. The molecule has 0 saturated heterocycles. The van der Waals surface area contributed by atoms with Crippen LogP contribution in [-0.4, -0.2) is 36.9 Å². The first-order valence-corrected chi connectivity index (χ1v) is 8.69. The van der Waals surface area contributed by atoms with Gasteiger partial charge in [-0.3, -0.25) is 9.59 Å². The minimum Gasteiger partial charge on any atom is -0.494 e. The van der Waals surface area contributed by atoms with E-state index in [0.29, 0.717) is 30.1 Å². The number of hydrogen-bond acceptors (Lipinski definition) is 5. The number of carbonyl (C=O) groups is 2. The van der Waals surface area contributed by atoms with Crippen molar-refractivity contribution >= 4 is 11.9 Å². The summed E-state index contributed by atoms with van der Waals surface area (Å²) < 4.78 is 15.8.